The minimum absolute atomic E-state index is 0.0786. The van der Waals surface area contributed by atoms with E-state index in [0.717, 1.165) is 6.54 Å². The van der Waals surface area contributed by atoms with Gasteiger partial charge >= 0.3 is 15.5 Å². The number of nitrogens with zero attached hydrogens (tertiary/aromatic N) is 2. The molecule has 2 rings (SSSR count). The van der Waals surface area contributed by atoms with E-state index in [0.29, 0.717) is 29.0 Å². The van der Waals surface area contributed by atoms with Gasteiger partial charge in [-0.05, 0) is 31.6 Å². The second kappa shape index (κ2) is 6.61. The van der Waals surface area contributed by atoms with Crippen molar-refractivity contribution in [1.82, 2.24) is 14.9 Å². The van der Waals surface area contributed by atoms with Gasteiger partial charge in [0.05, 0.1) is 0 Å². The Morgan fingerprint density at radius 1 is 1.23 bits per heavy atom. The van der Waals surface area contributed by atoms with Gasteiger partial charge in [0.25, 0.3) is 0 Å². The first-order valence-corrected chi connectivity index (χ1v) is 8.71. The maximum Gasteiger partial charge on any atom is 0.511 e. The SMILES string of the molecule is CN=C(NCC1CC1)NC1CCN(S(=O)(=O)C(F)(F)F)CC1. The van der Waals surface area contributed by atoms with Crippen LogP contribution in [0, 0.1) is 5.92 Å². The molecule has 0 bridgehead atoms. The molecule has 10 heteroatoms. The molecule has 6 nitrogen and oxygen atoms in total. The maximum atomic E-state index is 12.5. The molecule has 0 spiro atoms. The molecule has 0 unspecified atom stereocenters. The Hall–Kier alpha value is -1.03. The zero-order valence-corrected chi connectivity index (χ0v) is 13.2. The number of aliphatic imine (C=N–C) groups is 1. The van der Waals surface area contributed by atoms with Crippen molar-refractivity contribution < 1.29 is 21.6 Å². The van der Waals surface area contributed by atoms with E-state index in [2.05, 4.69) is 15.6 Å². The van der Waals surface area contributed by atoms with E-state index in [9.17, 15) is 21.6 Å². The summed E-state index contributed by atoms with van der Waals surface area (Å²) in [6.45, 7) is 0.555. The van der Waals surface area contributed by atoms with Crippen LogP contribution in [0.2, 0.25) is 0 Å². The highest BCUT2D eigenvalue weighted by Crippen LogP contribution is 2.29. The van der Waals surface area contributed by atoms with Gasteiger partial charge in [-0.3, -0.25) is 4.99 Å². The van der Waals surface area contributed by atoms with Crippen molar-refractivity contribution in [2.45, 2.75) is 37.2 Å². The molecule has 128 valence electrons. The number of piperidine rings is 1. The van der Waals surface area contributed by atoms with Crippen molar-refractivity contribution in [2.75, 3.05) is 26.7 Å². The van der Waals surface area contributed by atoms with E-state index >= 15 is 0 Å². The highest BCUT2D eigenvalue weighted by atomic mass is 32.2. The van der Waals surface area contributed by atoms with Gasteiger partial charge < -0.3 is 10.6 Å². The lowest BCUT2D eigenvalue weighted by molar-refractivity contribution is -0.0494. The summed E-state index contributed by atoms with van der Waals surface area (Å²) in [7, 11) is -3.58. The lowest BCUT2D eigenvalue weighted by Gasteiger charge is -2.32. The quantitative estimate of drug-likeness (QED) is 0.587. The second-order valence-corrected chi connectivity index (χ2v) is 7.59. The predicted octanol–water partition coefficient (Wildman–Crippen LogP) is 0.875. The van der Waals surface area contributed by atoms with Crippen LogP contribution in [0.4, 0.5) is 13.2 Å². The molecule has 0 radical (unpaired) electrons. The molecule has 1 heterocycles. The number of guanidine groups is 1. The van der Waals surface area contributed by atoms with Crippen LogP contribution >= 0.6 is 0 Å². The van der Waals surface area contributed by atoms with Gasteiger partial charge in [-0.1, -0.05) is 0 Å². The summed E-state index contributed by atoms with van der Waals surface area (Å²) in [5.41, 5.74) is -5.23. The Balaban J connectivity index is 1.81. The molecule has 0 atom stereocenters. The molecule has 2 aliphatic rings. The fourth-order valence-corrected chi connectivity index (χ4v) is 3.32. The molecular weight excluding hydrogens is 321 g/mol. The summed E-state index contributed by atoms with van der Waals surface area (Å²) < 4.78 is 60.6. The summed E-state index contributed by atoms with van der Waals surface area (Å²) in [6.07, 6.45) is 3.05. The molecule has 1 aliphatic carbocycles. The fraction of sp³-hybridized carbons (Fsp3) is 0.917. The van der Waals surface area contributed by atoms with E-state index in [1.165, 1.54) is 12.8 Å². The summed E-state index contributed by atoms with van der Waals surface area (Å²) in [5.74, 6) is 1.29. The van der Waals surface area contributed by atoms with E-state index in [1.54, 1.807) is 7.05 Å². The highest BCUT2D eigenvalue weighted by Gasteiger charge is 2.50. The Morgan fingerprint density at radius 2 is 1.82 bits per heavy atom. The van der Waals surface area contributed by atoms with Gasteiger partial charge in [-0.2, -0.15) is 17.5 Å². The Bertz CT molecular complexity index is 509. The third-order valence-corrected chi connectivity index (χ3v) is 5.54. The average Bonchev–Trinajstić information content (AvgIpc) is 3.27. The molecule has 1 saturated heterocycles. The van der Waals surface area contributed by atoms with Crippen LogP contribution in [-0.4, -0.2) is 56.9 Å². The summed E-state index contributed by atoms with van der Waals surface area (Å²) >= 11 is 0. The highest BCUT2D eigenvalue weighted by molar-refractivity contribution is 7.90. The molecule has 22 heavy (non-hydrogen) atoms. The molecule has 0 amide bonds. The van der Waals surface area contributed by atoms with Crippen LogP contribution in [-0.2, 0) is 10.0 Å². The van der Waals surface area contributed by atoms with Gasteiger partial charge in [-0.25, -0.2) is 8.42 Å². The monoisotopic (exact) mass is 342 g/mol. The first kappa shape index (κ1) is 17.3. The van der Waals surface area contributed by atoms with Crippen molar-refractivity contribution >= 4 is 16.0 Å². The Labute approximate surface area is 128 Å². The van der Waals surface area contributed by atoms with Crippen LogP contribution in [0.25, 0.3) is 0 Å². The first-order chi connectivity index (χ1) is 10.2. The molecular formula is C12H21F3N4O2S. The topological polar surface area (TPSA) is 73.8 Å². The van der Waals surface area contributed by atoms with E-state index in [-0.39, 0.29) is 19.1 Å². The predicted molar refractivity (Wildman–Crippen MR) is 76.8 cm³/mol. The third kappa shape index (κ3) is 4.25. The van der Waals surface area contributed by atoms with Crippen molar-refractivity contribution in [3.8, 4) is 0 Å². The number of alkyl halides is 3. The van der Waals surface area contributed by atoms with Gasteiger partial charge in [0.1, 0.15) is 0 Å². The van der Waals surface area contributed by atoms with Crippen molar-refractivity contribution in [2.24, 2.45) is 10.9 Å². The number of hydrogen-bond donors (Lipinski definition) is 2. The van der Waals surface area contributed by atoms with Crippen LogP contribution in [0.3, 0.4) is 0 Å². The molecule has 1 aliphatic heterocycles. The summed E-state index contributed by atoms with van der Waals surface area (Å²) in [6, 6.07) is -0.0786. The zero-order chi connectivity index (χ0) is 16.4. The lowest BCUT2D eigenvalue weighted by Crippen LogP contribution is -2.51. The Morgan fingerprint density at radius 3 is 2.27 bits per heavy atom. The minimum atomic E-state index is -5.23. The zero-order valence-electron chi connectivity index (χ0n) is 12.4. The van der Waals surface area contributed by atoms with Gasteiger partial charge in [0.15, 0.2) is 5.96 Å². The number of hydrogen-bond acceptors (Lipinski definition) is 3. The molecule has 0 aromatic rings. The van der Waals surface area contributed by atoms with Crippen molar-refractivity contribution in [3.05, 3.63) is 0 Å². The third-order valence-electron chi connectivity index (χ3n) is 3.91. The second-order valence-electron chi connectivity index (χ2n) is 5.66. The van der Waals surface area contributed by atoms with Crippen molar-refractivity contribution in [3.63, 3.8) is 0 Å². The number of nitrogens with one attached hydrogen (secondary N) is 2. The van der Waals surface area contributed by atoms with Crippen LogP contribution in [0.5, 0.6) is 0 Å². The van der Waals surface area contributed by atoms with Crippen LogP contribution in [0.15, 0.2) is 4.99 Å². The van der Waals surface area contributed by atoms with Gasteiger partial charge in [0.2, 0.25) is 0 Å². The van der Waals surface area contributed by atoms with Gasteiger partial charge in [0, 0.05) is 32.7 Å². The maximum absolute atomic E-state index is 12.5. The lowest BCUT2D eigenvalue weighted by atomic mass is 10.1. The van der Waals surface area contributed by atoms with Gasteiger partial charge in [-0.15, -0.1) is 0 Å². The smallest absolute Gasteiger partial charge is 0.356 e. The number of rotatable bonds is 4. The number of sulfonamides is 1. The Kier molecular flexibility index (Phi) is 5.21. The molecule has 2 N–H and O–H groups in total. The van der Waals surface area contributed by atoms with Crippen molar-refractivity contribution in [1.29, 1.82) is 0 Å². The average molecular weight is 342 g/mol. The molecule has 1 saturated carbocycles. The standard InChI is InChI=1S/C12H21F3N4O2S/c1-16-11(17-8-9-2-3-9)18-10-4-6-19(7-5-10)22(20,21)12(13,14)15/h9-10H,2-8H2,1H3,(H2,16,17,18). The molecule has 2 fully saturated rings. The van der Waals surface area contributed by atoms with Crippen LogP contribution < -0.4 is 10.6 Å². The minimum Gasteiger partial charge on any atom is -0.356 e. The largest absolute Gasteiger partial charge is 0.511 e. The normalized spacial score (nSPS) is 22.6. The molecule has 0 aromatic carbocycles. The fourth-order valence-electron chi connectivity index (χ4n) is 2.34. The van der Waals surface area contributed by atoms with E-state index in [1.807, 2.05) is 0 Å². The number of halogens is 3. The first-order valence-electron chi connectivity index (χ1n) is 7.27. The van der Waals surface area contributed by atoms with Crippen LogP contribution in [0.1, 0.15) is 25.7 Å². The van der Waals surface area contributed by atoms with E-state index in [4.69, 9.17) is 0 Å². The summed E-state index contributed by atoms with van der Waals surface area (Å²) in [4.78, 5) is 4.07. The summed E-state index contributed by atoms with van der Waals surface area (Å²) in [5, 5.41) is 6.31. The molecule has 0 aromatic heterocycles. The van der Waals surface area contributed by atoms with E-state index < -0.39 is 15.5 Å².